The van der Waals surface area contributed by atoms with E-state index >= 15 is 0 Å². The molecule has 1 aromatic heterocycles. The first-order valence-electron chi connectivity index (χ1n) is 6.11. The first kappa shape index (κ1) is 14.6. The van der Waals surface area contributed by atoms with Crippen molar-refractivity contribution in [2.45, 2.75) is 6.61 Å². The summed E-state index contributed by atoms with van der Waals surface area (Å²) in [6.45, 7) is 0.0538. The lowest BCUT2D eigenvalue weighted by Crippen LogP contribution is -2.01. The van der Waals surface area contributed by atoms with Gasteiger partial charge in [0.05, 0.1) is 19.8 Å². The zero-order valence-electron chi connectivity index (χ0n) is 11.6. The number of hydrogen-bond acceptors (Lipinski definition) is 6. The lowest BCUT2D eigenvalue weighted by molar-refractivity contribution is 0.0561. The molecule has 0 bridgehead atoms. The Morgan fingerprint density at radius 2 is 2.05 bits per heavy atom. The predicted molar refractivity (Wildman–Crippen MR) is 72.8 cm³/mol. The van der Waals surface area contributed by atoms with Gasteiger partial charge in [-0.3, -0.25) is 4.79 Å². The lowest BCUT2D eigenvalue weighted by Gasteiger charge is -2.11. The standard InChI is InChI=1S/C15H14O6/c1-18-12-5-3-4-10(8-16)14(12)20-9-11-6-7-13(21-11)15(17)19-2/h3-8H,9H2,1-2H3. The Bertz CT molecular complexity index is 643. The van der Waals surface area contributed by atoms with Crippen LogP contribution >= 0.6 is 0 Å². The van der Waals surface area contributed by atoms with Crippen molar-refractivity contribution in [1.82, 2.24) is 0 Å². The van der Waals surface area contributed by atoms with E-state index in [1.165, 1.54) is 20.3 Å². The van der Waals surface area contributed by atoms with Gasteiger partial charge < -0.3 is 18.6 Å². The molecule has 0 aliphatic rings. The summed E-state index contributed by atoms with van der Waals surface area (Å²) in [4.78, 5) is 22.3. The van der Waals surface area contributed by atoms with Gasteiger partial charge in [0.1, 0.15) is 12.4 Å². The highest BCUT2D eigenvalue weighted by molar-refractivity contribution is 5.86. The van der Waals surface area contributed by atoms with E-state index in [1.54, 1.807) is 24.3 Å². The van der Waals surface area contributed by atoms with Crippen LogP contribution in [0.25, 0.3) is 0 Å². The molecule has 0 radical (unpaired) electrons. The Hall–Kier alpha value is -2.76. The minimum absolute atomic E-state index is 0.0538. The van der Waals surface area contributed by atoms with Crippen LogP contribution in [0.2, 0.25) is 0 Å². The second-order valence-electron chi connectivity index (χ2n) is 4.04. The number of benzene rings is 1. The van der Waals surface area contributed by atoms with Crippen LogP contribution in [0.15, 0.2) is 34.7 Å². The van der Waals surface area contributed by atoms with Gasteiger partial charge in [-0.05, 0) is 24.3 Å². The van der Waals surface area contributed by atoms with Crippen LogP contribution in [0, 0.1) is 0 Å². The van der Waals surface area contributed by atoms with E-state index in [9.17, 15) is 9.59 Å². The number of rotatable bonds is 6. The van der Waals surface area contributed by atoms with Crippen molar-refractivity contribution >= 4 is 12.3 Å². The second-order valence-corrected chi connectivity index (χ2v) is 4.04. The van der Waals surface area contributed by atoms with E-state index in [2.05, 4.69) is 4.74 Å². The zero-order valence-corrected chi connectivity index (χ0v) is 11.6. The molecule has 0 unspecified atom stereocenters. The highest BCUT2D eigenvalue weighted by atomic mass is 16.5. The van der Waals surface area contributed by atoms with Crippen LogP contribution in [0.3, 0.4) is 0 Å². The van der Waals surface area contributed by atoms with E-state index in [0.29, 0.717) is 29.1 Å². The molecule has 0 spiro atoms. The van der Waals surface area contributed by atoms with E-state index in [-0.39, 0.29) is 12.4 Å². The minimum atomic E-state index is -0.563. The number of para-hydroxylation sites is 1. The quantitative estimate of drug-likeness (QED) is 0.601. The Kier molecular flexibility index (Phi) is 4.61. The van der Waals surface area contributed by atoms with Gasteiger partial charge in [0.2, 0.25) is 5.76 Å². The third-order valence-corrected chi connectivity index (χ3v) is 2.76. The SMILES string of the molecule is COC(=O)c1ccc(COc2c(C=O)cccc2OC)o1. The largest absolute Gasteiger partial charge is 0.493 e. The van der Waals surface area contributed by atoms with Crippen LogP contribution in [0.4, 0.5) is 0 Å². The molecular formula is C15H14O6. The molecule has 110 valence electrons. The first-order valence-corrected chi connectivity index (χ1v) is 6.11. The fourth-order valence-corrected chi connectivity index (χ4v) is 1.75. The second kappa shape index (κ2) is 6.60. The summed E-state index contributed by atoms with van der Waals surface area (Å²) in [5.74, 6) is 0.724. The molecule has 2 aromatic rings. The molecule has 0 saturated carbocycles. The monoisotopic (exact) mass is 290 g/mol. The maximum Gasteiger partial charge on any atom is 0.373 e. The Balaban J connectivity index is 2.14. The Morgan fingerprint density at radius 1 is 1.24 bits per heavy atom. The van der Waals surface area contributed by atoms with E-state index in [0.717, 1.165) is 0 Å². The third-order valence-electron chi connectivity index (χ3n) is 2.76. The third kappa shape index (κ3) is 3.22. The normalized spacial score (nSPS) is 10.0. The molecule has 0 aliphatic carbocycles. The number of ether oxygens (including phenoxy) is 3. The maximum absolute atomic E-state index is 11.3. The summed E-state index contributed by atoms with van der Waals surface area (Å²) in [6, 6.07) is 8.09. The average Bonchev–Trinajstić information content (AvgIpc) is 3.00. The molecule has 0 aliphatic heterocycles. The van der Waals surface area contributed by atoms with Crippen molar-refractivity contribution in [2.24, 2.45) is 0 Å². The van der Waals surface area contributed by atoms with Crippen LogP contribution in [-0.2, 0) is 11.3 Å². The topological polar surface area (TPSA) is 75.0 Å². The summed E-state index contributed by atoms with van der Waals surface area (Å²) in [7, 11) is 2.76. The first-order chi connectivity index (χ1) is 10.2. The molecule has 21 heavy (non-hydrogen) atoms. The Labute approximate surface area is 121 Å². The number of hydrogen-bond donors (Lipinski definition) is 0. The summed E-state index contributed by atoms with van der Waals surface area (Å²) < 4.78 is 20.5. The molecule has 0 N–H and O–H groups in total. The average molecular weight is 290 g/mol. The lowest BCUT2D eigenvalue weighted by atomic mass is 10.2. The van der Waals surface area contributed by atoms with Crippen molar-refractivity contribution in [3.05, 3.63) is 47.4 Å². The Morgan fingerprint density at radius 3 is 2.71 bits per heavy atom. The summed E-state index contributed by atoms with van der Waals surface area (Å²) in [6.07, 6.45) is 0.680. The fourth-order valence-electron chi connectivity index (χ4n) is 1.75. The highest BCUT2D eigenvalue weighted by Gasteiger charge is 2.14. The van der Waals surface area contributed by atoms with E-state index < -0.39 is 5.97 Å². The van der Waals surface area contributed by atoms with Gasteiger partial charge in [0, 0.05) is 0 Å². The minimum Gasteiger partial charge on any atom is -0.493 e. The van der Waals surface area contributed by atoms with Gasteiger partial charge in [-0.15, -0.1) is 0 Å². The van der Waals surface area contributed by atoms with E-state index in [4.69, 9.17) is 13.9 Å². The van der Waals surface area contributed by atoms with Crippen LogP contribution in [0.5, 0.6) is 11.5 Å². The molecule has 0 atom stereocenters. The molecule has 0 fully saturated rings. The summed E-state index contributed by atoms with van der Waals surface area (Å²) in [5, 5.41) is 0. The molecule has 0 saturated heterocycles. The van der Waals surface area contributed by atoms with Crippen molar-refractivity contribution in [2.75, 3.05) is 14.2 Å². The smallest absolute Gasteiger partial charge is 0.373 e. The van der Waals surface area contributed by atoms with Gasteiger partial charge >= 0.3 is 5.97 Å². The molecule has 2 rings (SSSR count). The van der Waals surface area contributed by atoms with Crippen molar-refractivity contribution < 1.29 is 28.2 Å². The predicted octanol–water partition coefficient (Wildman–Crippen LogP) is 2.47. The number of carbonyl (C=O) groups excluding carboxylic acids is 2. The number of methoxy groups -OCH3 is 2. The number of carbonyl (C=O) groups is 2. The molecule has 0 amide bonds. The molecule has 6 nitrogen and oxygen atoms in total. The fraction of sp³-hybridized carbons (Fsp3) is 0.200. The summed E-state index contributed by atoms with van der Waals surface area (Å²) >= 11 is 0. The van der Waals surface area contributed by atoms with Gasteiger partial charge in [-0.2, -0.15) is 0 Å². The van der Waals surface area contributed by atoms with Gasteiger partial charge in [0.25, 0.3) is 0 Å². The van der Waals surface area contributed by atoms with Crippen LogP contribution in [-0.4, -0.2) is 26.5 Å². The van der Waals surface area contributed by atoms with Gasteiger partial charge in [-0.25, -0.2) is 4.79 Å². The van der Waals surface area contributed by atoms with Gasteiger partial charge in [0.15, 0.2) is 17.8 Å². The van der Waals surface area contributed by atoms with Crippen LogP contribution < -0.4 is 9.47 Å². The number of aldehydes is 1. The maximum atomic E-state index is 11.3. The van der Waals surface area contributed by atoms with Gasteiger partial charge in [-0.1, -0.05) is 6.07 Å². The summed E-state index contributed by atoms with van der Waals surface area (Å²) in [5.41, 5.74) is 0.370. The number of esters is 1. The molecular weight excluding hydrogens is 276 g/mol. The number of furan rings is 1. The van der Waals surface area contributed by atoms with E-state index in [1.807, 2.05) is 0 Å². The zero-order chi connectivity index (χ0) is 15.2. The van der Waals surface area contributed by atoms with Crippen molar-refractivity contribution in [1.29, 1.82) is 0 Å². The highest BCUT2D eigenvalue weighted by Crippen LogP contribution is 2.30. The molecule has 1 aromatic carbocycles. The molecule has 1 heterocycles. The van der Waals surface area contributed by atoms with Crippen molar-refractivity contribution in [3.63, 3.8) is 0 Å². The van der Waals surface area contributed by atoms with Crippen LogP contribution in [0.1, 0.15) is 26.7 Å². The molecule has 6 heteroatoms. The van der Waals surface area contributed by atoms with Crippen molar-refractivity contribution in [3.8, 4) is 11.5 Å².